The average Bonchev–Trinajstić information content (AvgIpc) is 2.43. The summed E-state index contributed by atoms with van der Waals surface area (Å²) in [5.41, 5.74) is 0.659. The maximum Gasteiger partial charge on any atom is 0.335 e. The molecule has 0 radical (unpaired) electrons. The lowest BCUT2D eigenvalue weighted by Gasteiger charge is -2.08. The summed E-state index contributed by atoms with van der Waals surface area (Å²) in [7, 11) is 0. The molecule has 108 valence electrons. The van der Waals surface area contributed by atoms with E-state index >= 15 is 0 Å². The van der Waals surface area contributed by atoms with Gasteiger partial charge in [0.1, 0.15) is 11.6 Å². The molecule has 0 saturated heterocycles. The summed E-state index contributed by atoms with van der Waals surface area (Å²) in [5, 5.41) is 20.9. The van der Waals surface area contributed by atoms with E-state index in [9.17, 15) is 19.1 Å². The van der Waals surface area contributed by atoms with Gasteiger partial charge in [0, 0.05) is 0 Å². The Labute approximate surface area is 119 Å². The Balaban J connectivity index is 2.06. The third kappa shape index (κ3) is 3.79. The van der Waals surface area contributed by atoms with Crippen molar-refractivity contribution in [2.24, 2.45) is 0 Å². The van der Waals surface area contributed by atoms with Gasteiger partial charge in [-0.05, 0) is 35.9 Å². The van der Waals surface area contributed by atoms with Gasteiger partial charge in [-0.2, -0.15) is 0 Å². The standard InChI is InChI=1S/C15H12FNO4/c16-11-4-1-9(2-5-11)7-14(19)17-12-6-3-10(15(20)21)8-13(12)18/h1-6,8,18H,7H2,(H,17,19)(H,20,21). The van der Waals surface area contributed by atoms with Gasteiger partial charge in [0.15, 0.2) is 0 Å². The van der Waals surface area contributed by atoms with Crippen LogP contribution in [0.2, 0.25) is 0 Å². The van der Waals surface area contributed by atoms with Gasteiger partial charge in [-0.3, -0.25) is 4.79 Å². The number of nitrogens with one attached hydrogen (secondary N) is 1. The van der Waals surface area contributed by atoms with E-state index in [1.807, 2.05) is 0 Å². The van der Waals surface area contributed by atoms with E-state index in [1.54, 1.807) is 0 Å². The molecule has 2 aromatic rings. The second-order valence-electron chi connectivity index (χ2n) is 4.39. The summed E-state index contributed by atoms with van der Waals surface area (Å²) >= 11 is 0. The van der Waals surface area contributed by atoms with Crippen LogP contribution in [0.25, 0.3) is 0 Å². The Hall–Kier alpha value is -2.89. The van der Waals surface area contributed by atoms with E-state index in [0.717, 1.165) is 6.07 Å². The highest BCUT2D eigenvalue weighted by Crippen LogP contribution is 2.24. The fraction of sp³-hybridized carbons (Fsp3) is 0.0667. The smallest absolute Gasteiger partial charge is 0.335 e. The number of phenols is 1. The monoisotopic (exact) mass is 289 g/mol. The van der Waals surface area contributed by atoms with Gasteiger partial charge < -0.3 is 15.5 Å². The number of hydrogen-bond donors (Lipinski definition) is 3. The second kappa shape index (κ2) is 6.04. The molecule has 1 amide bonds. The van der Waals surface area contributed by atoms with Crippen molar-refractivity contribution in [2.45, 2.75) is 6.42 Å². The number of amides is 1. The van der Waals surface area contributed by atoms with Gasteiger partial charge in [0.05, 0.1) is 17.7 Å². The SMILES string of the molecule is O=C(Cc1ccc(F)cc1)Nc1ccc(C(=O)O)cc1O. The van der Waals surface area contributed by atoms with Crippen LogP contribution in [0.4, 0.5) is 10.1 Å². The molecule has 0 heterocycles. The Morgan fingerprint density at radius 2 is 1.76 bits per heavy atom. The largest absolute Gasteiger partial charge is 0.506 e. The van der Waals surface area contributed by atoms with Gasteiger partial charge in [-0.15, -0.1) is 0 Å². The van der Waals surface area contributed by atoms with Crippen LogP contribution in [0.1, 0.15) is 15.9 Å². The van der Waals surface area contributed by atoms with E-state index in [-0.39, 0.29) is 29.2 Å². The molecule has 2 rings (SSSR count). The van der Waals surface area contributed by atoms with Crippen molar-refractivity contribution in [3.05, 3.63) is 59.4 Å². The third-order valence-corrected chi connectivity index (χ3v) is 2.80. The molecule has 3 N–H and O–H groups in total. The molecular weight excluding hydrogens is 277 g/mol. The highest BCUT2D eigenvalue weighted by Gasteiger charge is 2.10. The zero-order valence-corrected chi connectivity index (χ0v) is 10.8. The number of halogens is 1. The minimum absolute atomic E-state index is 0.0143. The third-order valence-electron chi connectivity index (χ3n) is 2.80. The number of carboxylic acids is 1. The van der Waals surface area contributed by atoms with Crippen LogP contribution in [0.5, 0.6) is 5.75 Å². The van der Waals surface area contributed by atoms with Crippen LogP contribution < -0.4 is 5.32 Å². The molecule has 21 heavy (non-hydrogen) atoms. The van der Waals surface area contributed by atoms with Crippen molar-refractivity contribution in [2.75, 3.05) is 5.32 Å². The summed E-state index contributed by atoms with van der Waals surface area (Å²) in [6, 6.07) is 9.11. The number of rotatable bonds is 4. The van der Waals surface area contributed by atoms with E-state index < -0.39 is 11.9 Å². The van der Waals surface area contributed by atoms with Crippen LogP contribution >= 0.6 is 0 Å². The minimum Gasteiger partial charge on any atom is -0.506 e. The van der Waals surface area contributed by atoms with Gasteiger partial charge >= 0.3 is 5.97 Å². The molecule has 0 aromatic heterocycles. The predicted molar refractivity (Wildman–Crippen MR) is 73.8 cm³/mol. The number of phenolic OH excluding ortho intramolecular Hbond substituents is 1. The van der Waals surface area contributed by atoms with E-state index in [1.165, 1.54) is 36.4 Å². The quantitative estimate of drug-likeness (QED) is 0.754. The van der Waals surface area contributed by atoms with Gasteiger partial charge in [0.2, 0.25) is 5.91 Å². The number of aromatic hydroxyl groups is 1. The van der Waals surface area contributed by atoms with Gasteiger partial charge in [-0.25, -0.2) is 9.18 Å². The Bertz CT molecular complexity index is 683. The Kier molecular flexibility index (Phi) is 4.18. The number of benzene rings is 2. The summed E-state index contributed by atoms with van der Waals surface area (Å²) in [6.45, 7) is 0. The fourth-order valence-corrected chi connectivity index (χ4v) is 1.75. The van der Waals surface area contributed by atoms with Crippen molar-refractivity contribution in [1.82, 2.24) is 0 Å². The molecule has 6 heteroatoms. The first-order valence-corrected chi connectivity index (χ1v) is 6.06. The maximum atomic E-state index is 12.7. The van der Waals surface area contributed by atoms with Gasteiger partial charge in [0.25, 0.3) is 0 Å². The first-order chi connectivity index (χ1) is 9.95. The number of hydrogen-bond acceptors (Lipinski definition) is 3. The number of anilines is 1. The highest BCUT2D eigenvalue weighted by atomic mass is 19.1. The number of carboxylic acid groups (broad SMARTS) is 1. The lowest BCUT2D eigenvalue weighted by Crippen LogP contribution is -2.14. The first-order valence-electron chi connectivity index (χ1n) is 6.06. The zero-order chi connectivity index (χ0) is 15.4. The summed E-state index contributed by atoms with van der Waals surface area (Å²) in [4.78, 5) is 22.5. The summed E-state index contributed by atoms with van der Waals surface area (Å²) in [5.74, 6) is -2.29. The highest BCUT2D eigenvalue weighted by molar-refractivity contribution is 5.95. The van der Waals surface area contributed by atoms with Crippen molar-refractivity contribution in [3.8, 4) is 5.75 Å². The topological polar surface area (TPSA) is 86.6 Å². The Morgan fingerprint density at radius 1 is 1.10 bits per heavy atom. The molecule has 0 saturated carbocycles. The van der Waals surface area contributed by atoms with Crippen molar-refractivity contribution >= 4 is 17.6 Å². The van der Waals surface area contributed by atoms with Crippen molar-refractivity contribution < 1.29 is 24.2 Å². The Morgan fingerprint density at radius 3 is 2.33 bits per heavy atom. The number of carbonyl (C=O) groups is 2. The molecule has 0 unspecified atom stereocenters. The number of carbonyl (C=O) groups excluding carboxylic acids is 1. The molecule has 0 fully saturated rings. The van der Waals surface area contributed by atoms with Crippen LogP contribution in [-0.2, 0) is 11.2 Å². The van der Waals surface area contributed by atoms with Crippen LogP contribution in [0.3, 0.4) is 0 Å². The fourth-order valence-electron chi connectivity index (χ4n) is 1.75. The molecule has 0 aliphatic carbocycles. The number of aromatic carboxylic acids is 1. The molecular formula is C15H12FNO4. The van der Waals surface area contributed by atoms with Crippen molar-refractivity contribution in [1.29, 1.82) is 0 Å². The summed E-state index contributed by atoms with van der Waals surface area (Å²) in [6.07, 6.45) is 0.0143. The summed E-state index contributed by atoms with van der Waals surface area (Å²) < 4.78 is 12.7. The average molecular weight is 289 g/mol. The molecule has 0 atom stereocenters. The predicted octanol–water partition coefficient (Wildman–Crippen LogP) is 2.41. The lowest BCUT2D eigenvalue weighted by atomic mass is 10.1. The second-order valence-corrected chi connectivity index (χ2v) is 4.39. The minimum atomic E-state index is -1.17. The van der Waals surface area contributed by atoms with Crippen LogP contribution in [0.15, 0.2) is 42.5 Å². The normalized spacial score (nSPS) is 10.1. The van der Waals surface area contributed by atoms with Crippen LogP contribution in [-0.4, -0.2) is 22.1 Å². The van der Waals surface area contributed by atoms with E-state index in [4.69, 9.17) is 5.11 Å². The zero-order valence-electron chi connectivity index (χ0n) is 10.8. The molecule has 5 nitrogen and oxygen atoms in total. The van der Waals surface area contributed by atoms with Crippen molar-refractivity contribution in [3.63, 3.8) is 0 Å². The molecule has 0 bridgehead atoms. The molecule has 2 aromatic carbocycles. The molecule has 0 aliphatic rings. The first kappa shape index (κ1) is 14.5. The van der Waals surface area contributed by atoms with E-state index in [0.29, 0.717) is 5.56 Å². The molecule has 0 aliphatic heterocycles. The molecule has 0 spiro atoms. The van der Waals surface area contributed by atoms with Gasteiger partial charge in [-0.1, -0.05) is 12.1 Å². The lowest BCUT2D eigenvalue weighted by molar-refractivity contribution is -0.115. The van der Waals surface area contributed by atoms with E-state index in [2.05, 4.69) is 5.32 Å². The maximum absolute atomic E-state index is 12.7. The van der Waals surface area contributed by atoms with Crippen LogP contribution in [0, 0.1) is 5.82 Å².